The smallest absolute Gasteiger partial charge is 0.309 e. The van der Waals surface area contributed by atoms with Crippen molar-refractivity contribution in [3.05, 3.63) is 0 Å². The molecule has 2 unspecified atom stereocenters. The maximum Gasteiger partial charge on any atom is 0.309 e. The zero-order valence-electron chi connectivity index (χ0n) is 9.00. The first-order chi connectivity index (χ1) is 6.23. The molecule has 1 aliphatic rings. The normalized spacial score (nSPS) is 33.1. The molecule has 1 rings (SSSR count). The third-order valence-electron chi connectivity index (χ3n) is 4.00. The molecule has 0 bridgehead atoms. The maximum atomic E-state index is 11.1. The van der Waals surface area contributed by atoms with Crippen molar-refractivity contribution in [3.63, 3.8) is 0 Å². The summed E-state index contributed by atoms with van der Waals surface area (Å²) in [5, 5.41) is 18.1. The van der Waals surface area contributed by atoms with Gasteiger partial charge in [-0.3, -0.25) is 9.59 Å². The summed E-state index contributed by atoms with van der Waals surface area (Å²) in [6.45, 7) is 5.10. The number of hydrogen-bond acceptors (Lipinski definition) is 2. The molecule has 91 valence electrons. The first kappa shape index (κ1) is 14.5. The van der Waals surface area contributed by atoms with E-state index in [0.29, 0.717) is 12.8 Å². The van der Waals surface area contributed by atoms with Crippen LogP contribution < -0.4 is 0 Å². The summed E-state index contributed by atoms with van der Waals surface area (Å²) in [7, 11) is 0. The van der Waals surface area contributed by atoms with E-state index in [9.17, 15) is 9.59 Å². The Morgan fingerprint density at radius 2 is 1.67 bits per heavy atom. The number of carboxylic acid groups (broad SMARTS) is 2. The van der Waals surface area contributed by atoms with Crippen molar-refractivity contribution < 1.29 is 36.9 Å². The predicted octanol–water partition coefficient (Wildman–Crippen LogP) is 1.60. The van der Waals surface area contributed by atoms with Crippen LogP contribution in [0.4, 0.5) is 0 Å². The topological polar surface area (TPSA) is 74.6 Å². The minimum atomic E-state index is -0.921. The molecular weight excluding hydrogens is 248 g/mol. The molecule has 15 heavy (non-hydrogen) atoms. The van der Waals surface area contributed by atoms with Gasteiger partial charge >= 0.3 is 11.9 Å². The van der Waals surface area contributed by atoms with Crippen molar-refractivity contribution in [1.29, 1.82) is 0 Å². The minimum Gasteiger partial charge on any atom is -0.481 e. The van der Waals surface area contributed by atoms with Gasteiger partial charge in [-0.2, -0.15) is 0 Å². The largest absolute Gasteiger partial charge is 0.481 e. The van der Waals surface area contributed by atoms with E-state index >= 15 is 0 Å². The molecule has 4 nitrogen and oxygen atoms in total. The predicted molar refractivity (Wildman–Crippen MR) is 49.9 cm³/mol. The quantitative estimate of drug-likeness (QED) is 0.742. The van der Waals surface area contributed by atoms with Crippen LogP contribution in [0.5, 0.6) is 0 Å². The molecule has 0 spiro atoms. The van der Waals surface area contributed by atoms with Crippen LogP contribution in [-0.2, 0) is 26.7 Å². The van der Waals surface area contributed by atoms with Gasteiger partial charge in [0.2, 0.25) is 0 Å². The summed E-state index contributed by atoms with van der Waals surface area (Å²) in [5.74, 6) is -2.34. The average molecular weight is 264 g/mol. The Morgan fingerprint density at radius 3 is 1.87 bits per heavy atom. The van der Waals surface area contributed by atoms with E-state index < -0.39 is 28.7 Å². The molecule has 1 aliphatic carbocycles. The van der Waals surface area contributed by atoms with E-state index in [2.05, 4.69) is 0 Å². The second kappa shape index (κ2) is 4.14. The summed E-state index contributed by atoms with van der Waals surface area (Å²) in [4.78, 5) is 22.0. The molecule has 0 aliphatic heterocycles. The van der Waals surface area contributed by atoms with Crippen molar-refractivity contribution in [2.45, 2.75) is 33.6 Å². The van der Waals surface area contributed by atoms with E-state index in [4.69, 9.17) is 10.2 Å². The zero-order valence-corrected chi connectivity index (χ0v) is 9.95. The van der Waals surface area contributed by atoms with Gasteiger partial charge in [0, 0.05) is 17.1 Å². The number of carbonyl (C=O) groups is 2. The van der Waals surface area contributed by atoms with Crippen molar-refractivity contribution in [2.75, 3.05) is 0 Å². The van der Waals surface area contributed by atoms with Crippen LogP contribution >= 0.6 is 0 Å². The average Bonchev–Trinajstić information content (AvgIpc) is 2.24. The van der Waals surface area contributed by atoms with Crippen LogP contribution in [0.25, 0.3) is 0 Å². The SMILES string of the molecule is CC1(C(=O)O)CCC(C(=O)O)C1(C)C.[Cu]. The van der Waals surface area contributed by atoms with Crippen molar-refractivity contribution in [3.8, 4) is 0 Å². The fourth-order valence-electron chi connectivity index (χ4n) is 2.32. The van der Waals surface area contributed by atoms with E-state index in [0.717, 1.165) is 0 Å². The third-order valence-corrected chi connectivity index (χ3v) is 4.00. The Hall–Kier alpha value is -0.541. The van der Waals surface area contributed by atoms with E-state index in [1.54, 1.807) is 20.8 Å². The van der Waals surface area contributed by atoms with E-state index in [1.165, 1.54) is 0 Å². The van der Waals surface area contributed by atoms with Crippen molar-refractivity contribution in [1.82, 2.24) is 0 Å². The van der Waals surface area contributed by atoms with Crippen molar-refractivity contribution in [2.24, 2.45) is 16.7 Å². The first-order valence-electron chi connectivity index (χ1n) is 4.69. The van der Waals surface area contributed by atoms with E-state index in [1.807, 2.05) is 0 Å². The number of hydrogen-bond donors (Lipinski definition) is 2. The molecule has 2 atom stereocenters. The summed E-state index contributed by atoms with van der Waals surface area (Å²) in [6.07, 6.45) is 0.886. The van der Waals surface area contributed by atoms with E-state index in [-0.39, 0.29) is 17.1 Å². The maximum absolute atomic E-state index is 11.1. The molecule has 0 aromatic heterocycles. The number of rotatable bonds is 2. The minimum absolute atomic E-state index is 0. The first-order valence-corrected chi connectivity index (χ1v) is 4.69. The van der Waals surface area contributed by atoms with Gasteiger partial charge in [0.1, 0.15) is 0 Å². The molecule has 0 aromatic rings. The Labute approximate surface area is 99.5 Å². The Balaban J connectivity index is 0.00000196. The fraction of sp³-hybridized carbons (Fsp3) is 0.800. The molecule has 5 heteroatoms. The monoisotopic (exact) mass is 263 g/mol. The molecule has 0 amide bonds. The van der Waals surface area contributed by atoms with Gasteiger partial charge in [-0.15, -0.1) is 0 Å². The third kappa shape index (κ3) is 1.91. The second-order valence-corrected chi connectivity index (χ2v) is 4.79. The molecule has 2 N–H and O–H groups in total. The van der Waals surface area contributed by atoms with Gasteiger partial charge in [-0.1, -0.05) is 13.8 Å². The number of carboxylic acids is 2. The summed E-state index contributed by atoms with van der Waals surface area (Å²) < 4.78 is 0. The van der Waals surface area contributed by atoms with Crippen LogP contribution in [0.3, 0.4) is 0 Å². The molecule has 0 saturated heterocycles. The molecule has 1 fully saturated rings. The Kier molecular flexibility index (Phi) is 3.99. The van der Waals surface area contributed by atoms with Crippen LogP contribution in [-0.4, -0.2) is 22.2 Å². The van der Waals surface area contributed by atoms with Gasteiger partial charge in [0.05, 0.1) is 11.3 Å². The van der Waals surface area contributed by atoms with Gasteiger partial charge in [-0.25, -0.2) is 0 Å². The molecule has 1 saturated carbocycles. The summed E-state index contributed by atoms with van der Waals surface area (Å²) in [5.41, 5.74) is -1.61. The molecular formula is C10H16CuO4. The van der Waals surface area contributed by atoms with Crippen molar-refractivity contribution >= 4 is 11.9 Å². The summed E-state index contributed by atoms with van der Waals surface area (Å²) >= 11 is 0. The van der Waals surface area contributed by atoms with Gasteiger partial charge in [-0.05, 0) is 25.2 Å². The Morgan fingerprint density at radius 1 is 1.20 bits per heavy atom. The Bertz CT molecular complexity index is 287. The van der Waals surface area contributed by atoms with Crippen LogP contribution in [0.2, 0.25) is 0 Å². The standard InChI is InChI=1S/C10H16O4.Cu/c1-9(2)6(7(11)12)4-5-10(9,3)8(13)14;/h6H,4-5H2,1-3H3,(H,11,12)(H,13,14);. The molecule has 1 radical (unpaired) electrons. The number of aliphatic carboxylic acids is 2. The zero-order chi connectivity index (χ0) is 11.1. The molecule has 0 heterocycles. The van der Waals surface area contributed by atoms with Gasteiger partial charge in [0.15, 0.2) is 0 Å². The van der Waals surface area contributed by atoms with Crippen LogP contribution in [0.1, 0.15) is 33.6 Å². The van der Waals surface area contributed by atoms with Crippen LogP contribution in [0.15, 0.2) is 0 Å². The summed E-state index contributed by atoms with van der Waals surface area (Å²) in [6, 6.07) is 0. The second-order valence-electron chi connectivity index (χ2n) is 4.79. The molecule has 0 aromatic carbocycles. The van der Waals surface area contributed by atoms with Crippen LogP contribution in [0, 0.1) is 16.7 Å². The van der Waals surface area contributed by atoms with Gasteiger partial charge < -0.3 is 10.2 Å². The fourth-order valence-corrected chi connectivity index (χ4v) is 2.32. The van der Waals surface area contributed by atoms with Gasteiger partial charge in [0.25, 0.3) is 0 Å².